The Morgan fingerprint density at radius 1 is 1.53 bits per heavy atom. The number of hydrogen-bond acceptors (Lipinski definition) is 5. The van der Waals surface area contributed by atoms with E-state index in [2.05, 4.69) is 10.3 Å². The largest absolute Gasteiger partial charge is 0.365 e. The summed E-state index contributed by atoms with van der Waals surface area (Å²) in [6, 6.07) is 4.44. The molecule has 90 valence electrons. The predicted molar refractivity (Wildman–Crippen MR) is 68.9 cm³/mol. The third-order valence-corrected chi connectivity index (χ3v) is 3.67. The van der Waals surface area contributed by atoms with Gasteiger partial charge in [0.25, 0.3) is 5.69 Å². The van der Waals surface area contributed by atoms with Crippen LogP contribution < -0.4 is 5.32 Å². The van der Waals surface area contributed by atoms with Gasteiger partial charge in [-0.2, -0.15) is 0 Å². The first-order chi connectivity index (χ1) is 8.16. The molecule has 1 aromatic carbocycles. The van der Waals surface area contributed by atoms with Crippen LogP contribution in [0.2, 0.25) is 5.02 Å². The number of halogens is 1. The molecule has 7 heteroatoms. The van der Waals surface area contributed by atoms with Crippen molar-refractivity contribution in [1.82, 2.24) is 5.32 Å². The summed E-state index contributed by atoms with van der Waals surface area (Å²) >= 11 is 7.38. The minimum absolute atomic E-state index is 0.00195. The second-order valence-corrected chi connectivity index (χ2v) is 4.88. The normalized spacial score (nSPS) is 15.0. The Hall–Kier alpha value is -1.27. The van der Waals surface area contributed by atoms with Crippen molar-refractivity contribution in [3.8, 4) is 0 Å². The first-order valence-electron chi connectivity index (χ1n) is 5.07. The van der Waals surface area contributed by atoms with E-state index < -0.39 is 4.92 Å². The number of thioether (sulfide) groups is 1. The first kappa shape index (κ1) is 12.2. The standard InChI is InChI=1S/C10H10ClN3O2S/c11-8-6-7(14(15)16)2-3-9(8)17-10-12-4-1-5-13-10/h2-3,6H,1,4-5H2,(H,12,13). The van der Waals surface area contributed by atoms with E-state index in [1.165, 1.54) is 23.9 Å². The van der Waals surface area contributed by atoms with Gasteiger partial charge in [0.05, 0.1) is 9.95 Å². The lowest BCUT2D eigenvalue weighted by molar-refractivity contribution is -0.384. The Morgan fingerprint density at radius 3 is 2.94 bits per heavy atom. The monoisotopic (exact) mass is 271 g/mol. The fraction of sp³-hybridized carbons (Fsp3) is 0.300. The van der Waals surface area contributed by atoms with Crippen LogP contribution in [0.25, 0.3) is 0 Å². The average molecular weight is 272 g/mol. The zero-order chi connectivity index (χ0) is 12.3. The van der Waals surface area contributed by atoms with Crippen LogP contribution in [0.1, 0.15) is 6.42 Å². The number of hydrogen-bond donors (Lipinski definition) is 1. The Bertz CT molecular complexity index is 479. The molecule has 1 heterocycles. The number of aliphatic imine (C=N–C) groups is 1. The minimum atomic E-state index is -0.462. The van der Waals surface area contributed by atoms with Gasteiger partial charge in [-0.05, 0) is 12.5 Å². The molecule has 0 amide bonds. The molecule has 0 unspecified atom stereocenters. The maximum absolute atomic E-state index is 10.6. The van der Waals surface area contributed by atoms with Gasteiger partial charge in [-0.25, -0.2) is 0 Å². The second-order valence-electron chi connectivity index (χ2n) is 3.44. The summed E-state index contributed by atoms with van der Waals surface area (Å²) in [6.45, 7) is 1.70. The van der Waals surface area contributed by atoms with Gasteiger partial charge in [-0.1, -0.05) is 23.4 Å². The highest BCUT2D eigenvalue weighted by molar-refractivity contribution is 8.14. The van der Waals surface area contributed by atoms with Crippen molar-refractivity contribution < 1.29 is 4.92 Å². The van der Waals surface area contributed by atoms with E-state index >= 15 is 0 Å². The van der Waals surface area contributed by atoms with Crippen molar-refractivity contribution in [1.29, 1.82) is 0 Å². The highest BCUT2D eigenvalue weighted by atomic mass is 35.5. The topological polar surface area (TPSA) is 67.5 Å². The summed E-state index contributed by atoms with van der Waals surface area (Å²) in [5.41, 5.74) is -0.00195. The lowest BCUT2D eigenvalue weighted by Gasteiger charge is -2.13. The molecule has 0 aliphatic carbocycles. The molecule has 0 saturated heterocycles. The highest BCUT2D eigenvalue weighted by Crippen LogP contribution is 2.31. The van der Waals surface area contributed by atoms with Crippen molar-refractivity contribution >= 4 is 34.2 Å². The summed E-state index contributed by atoms with van der Waals surface area (Å²) in [7, 11) is 0. The lowest BCUT2D eigenvalue weighted by Crippen LogP contribution is -2.26. The number of nitrogens with one attached hydrogen (secondary N) is 1. The molecule has 1 aliphatic heterocycles. The smallest absolute Gasteiger partial charge is 0.270 e. The Balaban J connectivity index is 2.16. The Morgan fingerprint density at radius 2 is 2.35 bits per heavy atom. The van der Waals surface area contributed by atoms with Gasteiger partial charge in [-0.3, -0.25) is 15.1 Å². The number of rotatable bonds is 2. The van der Waals surface area contributed by atoms with Gasteiger partial charge < -0.3 is 5.32 Å². The van der Waals surface area contributed by atoms with Gasteiger partial charge in [0.2, 0.25) is 0 Å². The molecule has 1 N–H and O–H groups in total. The number of amidine groups is 1. The van der Waals surface area contributed by atoms with Crippen molar-refractivity contribution in [2.75, 3.05) is 13.1 Å². The van der Waals surface area contributed by atoms with E-state index in [1.807, 2.05) is 0 Å². The summed E-state index contributed by atoms with van der Waals surface area (Å²) in [5, 5.41) is 14.9. The van der Waals surface area contributed by atoms with E-state index in [0.717, 1.165) is 29.6 Å². The molecule has 17 heavy (non-hydrogen) atoms. The van der Waals surface area contributed by atoms with Gasteiger partial charge in [-0.15, -0.1) is 0 Å². The minimum Gasteiger partial charge on any atom is -0.365 e. The summed E-state index contributed by atoms with van der Waals surface area (Å²) in [6.07, 6.45) is 1.03. The maximum atomic E-state index is 10.6. The highest BCUT2D eigenvalue weighted by Gasteiger charge is 2.12. The molecule has 5 nitrogen and oxygen atoms in total. The molecule has 0 spiro atoms. The number of nitrogens with zero attached hydrogens (tertiary/aromatic N) is 2. The van der Waals surface area contributed by atoms with Gasteiger partial charge in [0.1, 0.15) is 0 Å². The molecular formula is C10H10ClN3O2S. The van der Waals surface area contributed by atoms with Crippen LogP contribution in [-0.2, 0) is 0 Å². The molecule has 0 fully saturated rings. The predicted octanol–water partition coefficient (Wildman–Crippen LogP) is 2.69. The molecular weight excluding hydrogens is 262 g/mol. The third-order valence-electron chi connectivity index (χ3n) is 2.20. The fourth-order valence-corrected chi connectivity index (χ4v) is 2.49. The molecule has 0 radical (unpaired) electrons. The van der Waals surface area contributed by atoms with Crippen LogP contribution in [0.4, 0.5) is 5.69 Å². The number of nitro groups is 1. The Labute approximate surface area is 107 Å². The van der Waals surface area contributed by atoms with Crippen LogP contribution >= 0.6 is 23.4 Å². The lowest BCUT2D eigenvalue weighted by atomic mass is 10.3. The maximum Gasteiger partial charge on any atom is 0.270 e. The molecule has 0 bridgehead atoms. The van der Waals surface area contributed by atoms with E-state index in [0.29, 0.717) is 5.02 Å². The number of nitro benzene ring substituents is 1. The molecule has 1 aliphatic rings. The van der Waals surface area contributed by atoms with Gasteiger partial charge in [0, 0.05) is 30.1 Å². The average Bonchev–Trinajstić information content (AvgIpc) is 2.33. The van der Waals surface area contributed by atoms with E-state index in [4.69, 9.17) is 11.6 Å². The fourth-order valence-electron chi connectivity index (χ4n) is 1.37. The van der Waals surface area contributed by atoms with Gasteiger partial charge in [0.15, 0.2) is 5.17 Å². The van der Waals surface area contributed by atoms with E-state index in [-0.39, 0.29) is 5.69 Å². The molecule has 1 aromatic rings. The summed E-state index contributed by atoms with van der Waals surface area (Å²) in [5.74, 6) is 0. The van der Waals surface area contributed by atoms with Crippen molar-refractivity contribution in [3.63, 3.8) is 0 Å². The summed E-state index contributed by atoms with van der Waals surface area (Å²) < 4.78 is 0. The number of benzene rings is 1. The van der Waals surface area contributed by atoms with Crippen molar-refractivity contribution in [2.24, 2.45) is 4.99 Å². The molecule has 0 atom stereocenters. The van der Waals surface area contributed by atoms with E-state index in [9.17, 15) is 10.1 Å². The second kappa shape index (κ2) is 5.37. The molecule has 0 saturated carbocycles. The molecule has 2 rings (SSSR count). The first-order valence-corrected chi connectivity index (χ1v) is 6.26. The van der Waals surface area contributed by atoms with E-state index in [1.54, 1.807) is 6.07 Å². The van der Waals surface area contributed by atoms with Crippen molar-refractivity contribution in [2.45, 2.75) is 11.3 Å². The van der Waals surface area contributed by atoms with Crippen LogP contribution in [-0.4, -0.2) is 23.2 Å². The Kier molecular flexibility index (Phi) is 3.86. The number of non-ortho nitro benzene ring substituents is 1. The van der Waals surface area contributed by atoms with Crippen LogP contribution in [0, 0.1) is 10.1 Å². The van der Waals surface area contributed by atoms with Crippen molar-refractivity contribution in [3.05, 3.63) is 33.3 Å². The van der Waals surface area contributed by atoms with Gasteiger partial charge >= 0.3 is 0 Å². The van der Waals surface area contributed by atoms with Crippen LogP contribution in [0.15, 0.2) is 28.1 Å². The summed E-state index contributed by atoms with van der Waals surface area (Å²) in [4.78, 5) is 15.2. The SMILES string of the molecule is O=[N+]([O-])c1ccc(SC2=NCCCN2)c(Cl)c1. The third kappa shape index (κ3) is 3.10. The quantitative estimate of drug-likeness (QED) is 0.663. The zero-order valence-electron chi connectivity index (χ0n) is 8.85. The van der Waals surface area contributed by atoms with Crippen LogP contribution in [0.5, 0.6) is 0 Å². The molecule has 0 aromatic heterocycles. The van der Waals surface area contributed by atoms with Crippen LogP contribution in [0.3, 0.4) is 0 Å². The zero-order valence-corrected chi connectivity index (χ0v) is 10.4.